The number of hydrogen-bond donors (Lipinski definition) is 2. The van der Waals surface area contributed by atoms with Crippen LogP contribution in [0.3, 0.4) is 0 Å². The van der Waals surface area contributed by atoms with E-state index in [1.807, 2.05) is 0 Å². The van der Waals surface area contributed by atoms with Gasteiger partial charge in [-0.1, -0.05) is 0 Å². The lowest BCUT2D eigenvalue weighted by molar-refractivity contribution is -0.118. The summed E-state index contributed by atoms with van der Waals surface area (Å²) < 4.78 is 3.81. The van der Waals surface area contributed by atoms with Crippen molar-refractivity contribution >= 4 is 23.3 Å². The van der Waals surface area contributed by atoms with Gasteiger partial charge in [0, 0.05) is 26.2 Å². The molecule has 0 saturated carbocycles. The fourth-order valence-electron chi connectivity index (χ4n) is 0.835. The molecule has 0 aromatic carbocycles. The summed E-state index contributed by atoms with van der Waals surface area (Å²) in [5.74, 6) is -0.255. The van der Waals surface area contributed by atoms with Gasteiger partial charge < -0.3 is 10.6 Å². The molecule has 0 saturated heterocycles. The van der Waals surface area contributed by atoms with Gasteiger partial charge >= 0.3 is 0 Å². The number of aromatic nitrogens is 1. The molecular formula is C8H11N3O2S. The molecule has 2 amide bonds. The summed E-state index contributed by atoms with van der Waals surface area (Å²) in [5, 5.41) is 5.24. The van der Waals surface area contributed by atoms with E-state index in [0.717, 1.165) is 11.5 Å². The molecule has 0 atom stereocenters. The molecule has 0 aliphatic carbocycles. The maximum absolute atomic E-state index is 11.3. The third-order valence-corrected chi connectivity index (χ3v) is 2.19. The lowest BCUT2D eigenvalue weighted by atomic mass is 10.4. The van der Waals surface area contributed by atoms with Gasteiger partial charge in [0.25, 0.3) is 5.91 Å². The van der Waals surface area contributed by atoms with Crippen LogP contribution in [0, 0.1) is 0 Å². The molecule has 1 aromatic rings. The van der Waals surface area contributed by atoms with Crippen LogP contribution in [0.4, 0.5) is 0 Å². The van der Waals surface area contributed by atoms with E-state index in [-0.39, 0.29) is 11.8 Å². The van der Waals surface area contributed by atoms with Crippen molar-refractivity contribution in [1.29, 1.82) is 0 Å². The number of carbonyl (C=O) groups excluding carboxylic acids is 2. The molecule has 1 rings (SSSR count). The van der Waals surface area contributed by atoms with Crippen molar-refractivity contribution in [2.45, 2.75) is 6.92 Å². The van der Waals surface area contributed by atoms with Crippen LogP contribution in [0.5, 0.6) is 0 Å². The van der Waals surface area contributed by atoms with E-state index in [9.17, 15) is 9.59 Å². The van der Waals surface area contributed by atoms with Crippen molar-refractivity contribution in [3.05, 3.63) is 17.1 Å². The molecule has 0 spiro atoms. The van der Waals surface area contributed by atoms with E-state index in [1.165, 1.54) is 6.92 Å². The van der Waals surface area contributed by atoms with E-state index in [1.54, 1.807) is 12.3 Å². The molecule has 6 heteroatoms. The van der Waals surface area contributed by atoms with Crippen LogP contribution in [0.2, 0.25) is 0 Å². The van der Waals surface area contributed by atoms with Crippen LogP contribution in [-0.2, 0) is 4.79 Å². The van der Waals surface area contributed by atoms with Gasteiger partial charge in [0.1, 0.15) is 4.88 Å². The molecule has 1 heterocycles. The maximum atomic E-state index is 11.3. The standard InChI is InChI=1S/C8H11N3O2S/c1-6(12)9-4-5-10-8(13)7-2-3-11-14-7/h2-3H,4-5H2,1H3,(H,9,12)(H,10,13). The Morgan fingerprint density at radius 1 is 1.43 bits per heavy atom. The van der Waals surface area contributed by atoms with Crippen molar-refractivity contribution < 1.29 is 9.59 Å². The Morgan fingerprint density at radius 2 is 2.14 bits per heavy atom. The number of carbonyl (C=O) groups is 2. The minimum absolute atomic E-state index is 0.1000. The van der Waals surface area contributed by atoms with Gasteiger partial charge in [-0.05, 0) is 17.6 Å². The second-order valence-electron chi connectivity index (χ2n) is 2.62. The zero-order valence-electron chi connectivity index (χ0n) is 7.74. The Labute approximate surface area is 85.7 Å². The fourth-order valence-corrected chi connectivity index (χ4v) is 1.35. The average molecular weight is 213 g/mol. The average Bonchev–Trinajstić information content (AvgIpc) is 2.64. The second kappa shape index (κ2) is 5.33. The van der Waals surface area contributed by atoms with Gasteiger partial charge in [0.05, 0.1) is 0 Å². The first-order chi connectivity index (χ1) is 6.70. The smallest absolute Gasteiger partial charge is 0.263 e. The molecule has 0 aliphatic rings. The minimum Gasteiger partial charge on any atom is -0.355 e. The highest BCUT2D eigenvalue weighted by Crippen LogP contribution is 2.02. The first kappa shape index (κ1) is 10.6. The highest BCUT2D eigenvalue weighted by Gasteiger charge is 2.05. The summed E-state index contributed by atoms with van der Waals surface area (Å²) in [4.78, 5) is 22.4. The second-order valence-corrected chi connectivity index (χ2v) is 3.45. The van der Waals surface area contributed by atoms with Gasteiger partial charge in [0.15, 0.2) is 0 Å². The monoisotopic (exact) mass is 213 g/mol. The van der Waals surface area contributed by atoms with Crippen LogP contribution in [0.15, 0.2) is 12.3 Å². The molecule has 2 N–H and O–H groups in total. The summed E-state index contributed by atoms with van der Waals surface area (Å²) in [6.07, 6.45) is 1.58. The molecule has 5 nitrogen and oxygen atoms in total. The van der Waals surface area contributed by atoms with Gasteiger partial charge in [-0.15, -0.1) is 0 Å². The summed E-state index contributed by atoms with van der Waals surface area (Å²) in [6.45, 7) is 2.31. The Bertz CT molecular complexity index is 310. The van der Waals surface area contributed by atoms with Crippen molar-refractivity contribution in [2.75, 3.05) is 13.1 Å². The molecule has 0 bridgehead atoms. The molecule has 76 valence electrons. The first-order valence-electron chi connectivity index (χ1n) is 4.13. The SMILES string of the molecule is CC(=O)NCCNC(=O)c1ccns1. The summed E-state index contributed by atoms with van der Waals surface area (Å²) in [6, 6.07) is 1.65. The zero-order chi connectivity index (χ0) is 10.4. The molecule has 0 radical (unpaired) electrons. The predicted molar refractivity (Wildman–Crippen MR) is 53.1 cm³/mol. The van der Waals surface area contributed by atoms with Crippen molar-refractivity contribution in [3.8, 4) is 0 Å². The molecule has 0 aliphatic heterocycles. The van der Waals surface area contributed by atoms with Gasteiger partial charge in [-0.3, -0.25) is 9.59 Å². The predicted octanol–water partition coefficient (Wildman–Crippen LogP) is 0.00900. The van der Waals surface area contributed by atoms with E-state index < -0.39 is 0 Å². The Kier molecular flexibility index (Phi) is 4.06. The topological polar surface area (TPSA) is 71.1 Å². The van der Waals surface area contributed by atoms with Crippen LogP contribution in [0.25, 0.3) is 0 Å². The maximum Gasteiger partial charge on any atom is 0.263 e. The summed E-state index contributed by atoms with van der Waals surface area (Å²) >= 11 is 1.15. The van der Waals surface area contributed by atoms with Crippen LogP contribution in [0.1, 0.15) is 16.6 Å². The Morgan fingerprint density at radius 3 is 2.71 bits per heavy atom. The fraction of sp³-hybridized carbons (Fsp3) is 0.375. The van der Waals surface area contributed by atoms with Gasteiger partial charge in [-0.2, -0.15) is 0 Å². The molecule has 1 aromatic heterocycles. The van der Waals surface area contributed by atoms with Crippen molar-refractivity contribution in [2.24, 2.45) is 0 Å². The number of hydrogen-bond acceptors (Lipinski definition) is 4. The van der Waals surface area contributed by atoms with E-state index in [2.05, 4.69) is 15.0 Å². The van der Waals surface area contributed by atoms with Crippen LogP contribution >= 0.6 is 11.5 Å². The van der Waals surface area contributed by atoms with Gasteiger partial charge in [-0.25, -0.2) is 4.37 Å². The molecule has 0 unspecified atom stereocenters. The van der Waals surface area contributed by atoms with E-state index >= 15 is 0 Å². The third-order valence-electron chi connectivity index (χ3n) is 1.45. The quantitative estimate of drug-likeness (QED) is 0.692. The highest BCUT2D eigenvalue weighted by molar-refractivity contribution is 7.08. The summed E-state index contributed by atoms with van der Waals surface area (Å²) in [7, 11) is 0. The Balaban J connectivity index is 2.19. The van der Waals surface area contributed by atoms with Gasteiger partial charge in [0.2, 0.25) is 5.91 Å². The molecule has 14 heavy (non-hydrogen) atoms. The number of rotatable bonds is 4. The lowest BCUT2D eigenvalue weighted by Gasteiger charge is -2.03. The first-order valence-corrected chi connectivity index (χ1v) is 4.91. The van der Waals surface area contributed by atoms with Crippen molar-refractivity contribution in [1.82, 2.24) is 15.0 Å². The molecular weight excluding hydrogens is 202 g/mol. The highest BCUT2D eigenvalue weighted by atomic mass is 32.1. The largest absolute Gasteiger partial charge is 0.355 e. The van der Waals surface area contributed by atoms with Crippen molar-refractivity contribution in [3.63, 3.8) is 0 Å². The lowest BCUT2D eigenvalue weighted by Crippen LogP contribution is -2.33. The minimum atomic E-state index is -0.155. The third kappa shape index (κ3) is 3.53. The summed E-state index contributed by atoms with van der Waals surface area (Å²) in [5.41, 5.74) is 0. The Hall–Kier alpha value is -1.43. The molecule has 0 fully saturated rings. The number of nitrogens with zero attached hydrogens (tertiary/aromatic N) is 1. The van der Waals surface area contributed by atoms with Crippen LogP contribution < -0.4 is 10.6 Å². The number of nitrogens with one attached hydrogen (secondary N) is 2. The normalized spacial score (nSPS) is 9.50. The number of amides is 2. The van der Waals surface area contributed by atoms with E-state index in [0.29, 0.717) is 18.0 Å². The zero-order valence-corrected chi connectivity index (χ0v) is 8.56. The van der Waals surface area contributed by atoms with E-state index in [4.69, 9.17) is 0 Å². The van der Waals surface area contributed by atoms with Crippen LogP contribution in [-0.4, -0.2) is 29.3 Å².